The molecule has 0 bridgehead atoms. The number of halogens is 4. The molecule has 2 atom stereocenters. The number of nitrogens with zero attached hydrogens (tertiary/aromatic N) is 4. The fraction of sp³-hybridized carbons (Fsp3) is 0.273. The van der Waals surface area contributed by atoms with Crippen LogP contribution in [-0.2, 0) is 0 Å². The van der Waals surface area contributed by atoms with Gasteiger partial charge in [-0.3, -0.25) is 4.79 Å². The zero-order chi connectivity index (χ0) is 33.4. The number of thiazole rings is 1. The van der Waals surface area contributed by atoms with Crippen LogP contribution < -0.4 is 16.0 Å². The van der Waals surface area contributed by atoms with Gasteiger partial charge in [0.15, 0.2) is 22.8 Å². The van der Waals surface area contributed by atoms with E-state index in [-0.39, 0.29) is 46.7 Å². The van der Waals surface area contributed by atoms with E-state index in [1.807, 2.05) is 37.3 Å². The fourth-order valence-electron chi connectivity index (χ4n) is 5.69. The van der Waals surface area contributed by atoms with Gasteiger partial charge in [0.2, 0.25) is 11.6 Å². The third kappa shape index (κ3) is 6.42. The van der Waals surface area contributed by atoms with E-state index in [0.717, 1.165) is 47.1 Å². The number of hydrogen-bond acceptors (Lipinski definition) is 10. The summed E-state index contributed by atoms with van der Waals surface area (Å²) in [5.74, 6) is -4.09. The van der Waals surface area contributed by atoms with Gasteiger partial charge in [0.05, 0.1) is 9.88 Å². The summed E-state index contributed by atoms with van der Waals surface area (Å²) in [5, 5.41) is 10.1. The van der Waals surface area contributed by atoms with E-state index in [4.69, 9.17) is 8.83 Å². The van der Waals surface area contributed by atoms with Gasteiger partial charge in [0.25, 0.3) is 17.9 Å². The first kappa shape index (κ1) is 31.6. The molecule has 0 saturated carbocycles. The summed E-state index contributed by atoms with van der Waals surface area (Å²) in [7, 11) is 0. The maximum absolute atomic E-state index is 13.9. The monoisotopic (exact) mass is 679 g/mol. The van der Waals surface area contributed by atoms with Crippen molar-refractivity contribution in [2.75, 3.05) is 36.8 Å². The van der Waals surface area contributed by atoms with Crippen LogP contribution in [0.15, 0.2) is 63.4 Å². The molecule has 6 aromatic rings. The first-order chi connectivity index (χ1) is 23.2. The Kier molecular flexibility index (Phi) is 8.71. The van der Waals surface area contributed by atoms with E-state index < -0.39 is 23.3 Å². The normalized spacial score (nSPS) is 17.6. The van der Waals surface area contributed by atoms with Crippen molar-refractivity contribution >= 4 is 51.5 Å². The fourth-order valence-corrected chi connectivity index (χ4v) is 6.61. The van der Waals surface area contributed by atoms with E-state index in [9.17, 15) is 22.4 Å². The predicted octanol–water partition coefficient (Wildman–Crippen LogP) is 6.74. The molecule has 15 heteroatoms. The Morgan fingerprint density at radius 2 is 1.48 bits per heavy atom. The molecule has 3 aromatic carbocycles. The topological polar surface area (TPSA) is 121 Å². The second kappa shape index (κ2) is 13.2. The SMILES string of the molecule is Cc1nc(C(=O)N2CC[C@@H](Nc3nc4ccc(F)c(F)c4o3)C2)c(-c2ccccc2)s1.Fc1ccc2nc(N[C@@H]3CCNC3)oc2c1F. The molecule has 0 spiro atoms. The highest BCUT2D eigenvalue weighted by Gasteiger charge is 2.31. The van der Waals surface area contributed by atoms with Crippen molar-refractivity contribution in [1.29, 1.82) is 0 Å². The first-order valence-electron chi connectivity index (χ1n) is 15.3. The van der Waals surface area contributed by atoms with Crippen molar-refractivity contribution in [3.63, 3.8) is 0 Å². The number of rotatable bonds is 6. The Morgan fingerprint density at radius 1 is 0.854 bits per heavy atom. The number of benzene rings is 3. The zero-order valence-corrected chi connectivity index (χ0v) is 26.3. The van der Waals surface area contributed by atoms with Gasteiger partial charge in [-0.15, -0.1) is 11.3 Å². The highest BCUT2D eigenvalue weighted by Crippen LogP contribution is 2.32. The number of carbonyl (C=O) groups excluding carboxylic acids is 1. The van der Waals surface area contributed by atoms with E-state index in [0.29, 0.717) is 30.7 Å². The standard InChI is InChI=1S/C22H18F2N4O2S.C11H11F2N3O/c1-12-25-18(20(31-12)13-5-3-2-4-6-13)21(29)28-10-9-14(11-28)26-22-27-16-8-7-15(23)17(24)19(16)30-22;12-7-1-2-8-10(9(7)13)17-11(16-8)15-6-3-4-14-5-6/h2-8,14H,9-11H2,1H3,(H,26,27);1-2,6,14H,3-5H2,(H,15,16)/t14-;6-/m11/s1. The van der Waals surface area contributed by atoms with Crippen molar-refractivity contribution in [1.82, 2.24) is 25.2 Å². The molecule has 3 aromatic heterocycles. The van der Waals surface area contributed by atoms with Gasteiger partial charge in [-0.1, -0.05) is 30.3 Å². The largest absolute Gasteiger partial charge is 0.420 e. The minimum absolute atomic E-state index is 0.105. The van der Waals surface area contributed by atoms with Crippen LogP contribution in [0.4, 0.5) is 29.6 Å². The summed E-state index contributed by atoms with van der Waals surface area (Å²) < 4.78 is 64.1. The number of aryl methyl sites for hydroxylation is 1. The zero-order valence-electron chi connectivity index (χ0n) is 25.5. The van der Waals surface area contributed by atoms with Crippen LogP contribution in [0.5, 0.6) is 0 Å². The average Bonchev–Trinajstić information content (AvgIpc) is 3.93. The Balaban J connectivity index is 0.000000180. The van der Waals surface area contributed by atoms with Crippen LogP contribution in [0.2, 0.25) is 0 Å². The van der Waals surface area contributed by atoms with Crippen LogP contribution in [0.1, 0.15) is 28.3 Å². The second-order valence-electron chi connectivity index (χ2n) is 11.4. The summed E-state index contributed by atoms with van der Waals surface area (Å²) in [6, 6.07) is 15.0. The van der Waals surface area contributed by atoms with Gasteiger partial charge in [-0.05, 0) is 56.1 Å². The van der Waals surface area contributed by atoms with Crippen LogP contribution in [0.3, 0.4) is 0 Å². The predicted molar refractivity (Wildman–Crippen MR) is 173 cm³/mol. The lowest BCUT2D eigenvalue weighted by Gasteiger charge is -2.16. The molecule has 48 heavy (non-hydrogen) atoms. The number of hydrogen-bond donors (Lipinski definition) is 3. The maximum atomic E-state index is 13.9. The highest BCUT2D eigenvalue weighted by molar-refractivity contribution is 7.15. The average molecular weight is 680 g/mol. The summed E-state index contributed by atoms with van der Waals surface area (Å²) in [5.41, 5.74) is 1.60. The molecule has 2 saturated heterocycles. The molecule has 2 aliphatic rings. The maximum Gasteiger partial charge on any atom is 0.296 e. The van der Waals surface area contributed by atoms with Gasteiger partial charge in [-0.25, -0.2) is 13.8 Å². The molecule has 2 fully saturated rings. The number of anilines is 2. The molecule has 248 valence electrons. The van der Waals surface area contributed by atoms with Gasteiger partial charge in [-0.2, -0.15) is 18.7 Å². The Bertz CT molecular complexity index is 2100. The van der Waals surface area contributed by atoms with Gasteiger partial charge in [0, 0.05) is 31.7 Å². The molecule has 2 aliphatic heterocycles. The third-order valence-corrected chi connectivity index (χ3v) is 9.08. The Morgan fingerprint density at radius 3 is 2.08 bits per heavy atom. The van der Waals surface area contributed by atoms with Gasteiger partial charge in [0.1, 0.15) is 16.7 Å². The highest BCUT2D eigenvalue weighted by atomic mass is 32.1. The van der Waals surface area contributed by atoms with Crippen LogP contribution in [0.25, 0.3) is 32.6 Å². The van der Waals surface area contributed by atoms with E-state index in [1.54, 1.807) is 4.90 Å². The number of aromatic nitrogens is 3. The van der Waals surface area contributed by atoms with Crippen molar-refractivity contribution in [2.45, 2.75) is 31.8 Å². The van der Waals surface area contributed by atoms with Crippen molar-refractivity contribution in [2.24, 2.45) is 0 Å². The first-order valence-corrected chi connectivity index (χ1v) is 16.1. The number of likely N-dealkylation sites (tertiary alicyclic amines) is 1. The molecule has 0 aliphatic carbocycles. The quantitative estimate of drug-likeness (QED) is 0.164. The Labute approximate surface area is 275 Å². The molecule has 1 amide bonds. The Hall–Kier alpha value is -5.02. The van der Waals surface area contributed by atoms with Gasteiger partial charge < -0.3 is 29.7 Å². The number of fused-ring (bicyclic) bond motifs is 2. The van der Waals surface area contributed by atoms with Gasteiger partial charge >= 0.3 is 0 Å². The molecule has 10 nitrogen and oxygen atoms in total. The summed E-state index contributed by atoms with van der Waals surface area (Å²) in [6.45, 7) is 4.61. The summed E-state index contributed by atoms with van der Waals surface area (Å²) in [4.78, 5) is 28.5. The summed E-state index contributed by atoms with van der Waals surface area (Å²) >= 11 is 1.50. The van der Waals surface area contributed by atoms with Crippen LogP contribution in [0, 0.1) is 30.2 Å². The third-order valence-electron chi connectivity index (χ3n) is 8.06. The number of nitrogens with one attached hydrogen (secondary N) is 3. The number of oxazole rings is 2. The molecule has 8 rings (SSSR count). The van der Waals surface area contributed by atoms with Crippen LogP contribution >= 0.6 is 11.3 Å². The van der Waals surface area contributed by atoms with E-state index in [2.05, 4.69) is 30.9 Å². The molecule has 0 unspecified atom stereocenters. The minimum Gasteiger partial charge on any atom is -0.420 e. The molecule has 3 N–H and O–H groups in total. The van der Waals surface area contributed by atoms with E-state index >= 15 is 0 Å². The lowest BCUT2D eigenvalue weighted by Crippen LogP contribution is -2.32. The molecular formula is C33H29F4N7O3S. The number of amides is 1. The van der Waals surface area contributed by atoms with Crippen molar-refractivity contribution in [3.05, 3.63) is 88.6 Å². The van der Waals surface area contributed by atoms with Crippen molar-refractivity contribution < 1.29 is 31.2 Å². The minimum atomic E-state index is -1.06. The molecule has 0 radical (unpaired) electrons. The van der Waals surface area contributed by atoms with Crippen molar-refractivity contribution in [3.8, 4) is 10.4 Å². The molecular weight excluding hydrogens is 650 g/mol. The summed E-state index contributed by atoms with van der Waals surface area (Å²) in [6.07, 6.45) is 1.63. The molecule has 5 heterocycles. The lowest BCUT2D eigenvalue weighted by molar-refractivity contribution is 0.0787. The lowest BCUT2D eigenvalue weighted by atomic mass is 10.1. The van der Waals surface area contributed by atoms with Crippen LogP contribution in [-0.4, -0.2) is 64.0 Å². The smallest absolute Gasteiger partial charge is 0.296 e. The second-order valence-corrected chi connectivity index (χ2v) is 12.7. The van der Waals surface area contributed by atoms with E-state index in [1.165, 1.54) is 23.5 Å². The number of carbonyl (C=O) groups is 1.